The van der Waals surface area contributed by atoms with E-state index in [4.69, 9.17) is 4.99 Å². The molecule has 1 heterocycles. The molecule has 1 aliphatic carbocycles. The molecular formula is C16H22N2S. The molecule has 0 radical (unpaired) electrons. The van der Waals surface area contributed by atoms with Crippen molar-refractivity contribution in [3.8, 4) is 0 Å². The first-order valence-corrected chi connectivity index (χ1v) is 8.29. The summed E-state index contributed by atoms with van der Waals surface area (Å²) in [4.78, 5) is 4.74. The fourth-order valence-corrected chi connectivity index (χ4v) is 4.09. The molecule has 2 unspecified atom stereocenters. The van der Waals surface area contributed by atoms with Crippen LogP contribution in [0.4, 0.5) is 0 Å². The van der Waals surface area contributed by atoms with Gasteiger partial charge in [-0.1, -0.05) is 54.4 Å². The summed E-state index contributed by atoms with van der Waals surface area (Å²) < 4.78 is 0. The van der Waals surface area contributed by atoms with Gasteiger partial charge < -0.3 is 5.32 Å². The molecule has 1 aromatic rings. The van der Waals surface area contributed by atoms with Gasteiger partial charge in [0.15, 0.2) is 5.17 Å². The number of nitrogens with zero attached hydrogens (tertiary/aromatic N) is 1. The summed E-state index contributed by atoms with van der Waals surface area (Å²) in [5.41, 5.74) is 2.61. The molecule has 1 N–H and O–H groups in total. The van der Waals surface area contributed by atoms with E-state index in [1.165, 1.54) is 42.6 Å². The zero-order chi connectivity index (χ0) is 13.1. The Morgan fingerprint density at radius 2 is 2.00 bits per heavy atom. The van der Waals surface area contributed by atoms with Crippen LogP contribution in [-0.2, 0) is 6.54 Å². The monoisotopic (exact) mass is 274 g/mol. The molecule has 3 heteroatoms. The van der Waals surface area contributed by atoms with Gasteiger partial charge in [0.2, 0.25) is 0 Å². The third-order valence-electron chi connectivity index (χ3n) is 4.18. The number of benzene rings is 1. The molecule has 102 valence electrons. The highest BCUT2D eigenvalue weighted by Crippen LogP contribution is 2.31. The minimum Gasteiger partial charge on any atom is -0.362 e. The lowest BCUT2D eigenvalue weighted by molar-refractivity contribution is 0.311. The van der Waals surface area contributed by atoms with Crippen LogP contribution in [0.5, 0.6) is 0 Å². The lowest BCUT2D eigenvalue weighted by Gasteiger charge is -2.36. The zero-order valence-electron chi connectivity index (χ0n) is 11.6. The second kappa shape index (κ2) is 6.00. The number of amidine groups is 1. The van der Waals surface area contributed by atoms with Crippen molar-refractivity contribution in [1.29, 1.82) is 0 Å². The van der Waals surface area contributed by atoms with Gasteiger partial charge in [0.1, 0.15) is 0 Å². The number of thioether (sulfide) groups is 1. The molecule has 0 aromatic heterocycles. The van der Waals surface area contributed by atoms with Crippen LogP contribution >= 0.6 is 11.8 Å². The number of rotatable bonds is 2. The average molecular weight is 274 g/mol. The summed E-state index contributed by atoms with van der Waals surface area (Å²) in [6.07, 6.45) is 5.52. The highest BCUT2D eigenvalue weighted by Gasteiger charge is 2.29. The van der Waals surface area contributed by atoms with E-state index < -0.39 is 0 Å². The SMILES string of the molecule is Cc1ccc(CN=C2NC3CCCCC3CS2)cc1. The molecule has 1 saturated heterocycles. The summed E-state index contributed by atoms with van der Waals surface area (Å²) in [7, 11) is 0. The molecule has 2 nitrogen and oxygen atoms in total. The van der Waals surface area contributed by atoms with Gasteiger partial charge in [0.05, 0.1) is 6.54 Å². The number of nitrogens with one attached hydrogen (secondary N) is 1. The van der Waals surface area contributed by atoms with Crippen molar-refractivity contribution < 1.29 is 0 Å². The van der Waals surface area contributed by atoms with Crippen LogP contribution in [0.15, 0.2) is 29.3 Å². The van der Waals surface area contributed by atoms with Gasteiger partial charge in [-0.05, 0) is 31.2 Å². The number of hydrogen-bond acceptors (Lipinski definition) is 2. The quantitative estimate of drug-likeness (QED) is 0.888. The summed E-state index contributed by atoms with van der Waals surface area (Å²) in [5.74, 6) is 2.13. The minimum atomic E-state index is 0.687. The fourth-order valence-electron chi connectivity index (χ4n) is 2.93. The van der Waals surface area contributed by atoms with E-state index in [1.54, 1.807) is 0 Å². The second-order valence-electron chi connectivity index (χ2n) is 5.71. The normalized spacial score (nSPS) is 28.8. The highest BCUT2D eigenvalue weighted by molar-refractivity contribution is 8.13. The third-order valence-corrected chi connectivity index (χ3v) is 5.29. The Morgan fingerprint density at radius 3 is 2.84 bits per heavy atom. The van der Waals surface area contributed by atoms with Crippen molar-refractivity contribution in [3.63, 3.8) is 0 Å². The van der Waals surface area contributed by atoms with Crippen molar-refractivity contribution in [2.24, 2.45) is 10.9 Å². The Hall–Kier alpha value is -0.960. The lowest BCUT2D eigenvalue weighted by Crippen LogP contribution is -2.46. The van der Waals surface area contributed by atoms with Gasteiger partial charge in [-0.2, -0.15) is 0 Å². The first-order valence-electron chi connectivity index (χ1n) is 7.30. The van der Waals surface area contributed by atoms with E-state index in [-0.39, 0.29) is 0 Å². The Labute approximate surface area is 120 Å². The summed E-state index contributed by atoms with van der Waals surface area (Å²) >= 11 is 1.91. The van der Waals surface area contributed by atoms with Gasteiger partial charge in [0, 0.05) is 11.8 Å². The van der Waals surface area contributed by atoms with Crippen LogP contribution in [0.1, 0.15) is 36.8 Å². The Balaban J connectivity index is 1.60. The lowest BCUT2D eigenvalue weighted by atomic mass is 9.86. The third kappa shape index (κ3) is 3.33. The Kier molecular flexibility index (Phi) is 4.12. The van der Waals surface area contributed by atoms with Gasteiger partial charge in [0.25, 0.3) is 0 Å². The van der Waals surface area contributed by atoms with Crippen molar-refractivity contribution >= 4 is 16.9 Å². The predicted octanol–water partition coefficient (Wildman–Crippen LogP) is 3.75. The van der Waals surface area contributed by atoms with Gasteiger partial charge in [-0.3, -0.25) is 4.99 Å². The Morgan fingerprint density at radius 1 is 1.21 bits per heavy atom. The number of fused-ring (bicyclic) bond motifs is 1. The number of aliphatic imine (C=N–C) groups is 1. The molecule has 1 aromatic carbocycles. The first-order chi connectivity index (χ1) is 9.31. The van der Waals surface area contributed by atoms with Crippen molar-refractivity contribution in [2.75, 3.05) is 5.75 Å². The zero-order valence-corrected chi connectivity index (χ0v) is 12.4. The van der Waals surface area contributed by atoms with E-state index in [9.17, 15) is 0 Å². The van der Waals surface area contributed by atoms with Crippen molar-refractivity contribution in [2.45, 2.75) is 45.2 Å². The molecule has 2 fully saturated rings. The van der Waals surface area contributed by atoms with Crippen molar-refractivity contribution in [1.82, 2.24) is 5.32 Å². The first kappa shape index (κ1) is 13.0. The summed E-state index contributed by atoms with van der Waals surface area (Å²) in [6, 6.07) is 9.36. The smallest absolute Gasteiger partial charge is 0.157 e. The number of hydrogen-bond donors (Lipinski definition) is 1. The van der Waals surface area contributed by atoms with E-state index in [1.807, 2.05) is 11.8 Å². The average Bonchev–Trinajstić information content (AvgIpc) is 2.46. The topological polar surface area (TPSA) is 24.4 Å². The largest absolute Gasteiger partial charge is 0.362 e. The summed E-state index contributed by atoms with van der Waals surface area (Å²) in [6.45, 7) is 2.92. The van der Waals surface area contributed by atoms with E-state index in [0.717, 1.165) is 17.6 Å². The van der Waals surface area contributed by atoms with Gasteiger partial charge >= 0.3 is 0 Å². The molecule has 1 aliphatic heterocycles. The van der Waals surface area contributed by atoms with E-state index in [2.05, 4.69) is 36.5 Å². The highest BCUT2D eigenvalue weighted by atomic mass is 32.2. The second-order valence-corrected chi connectivity index (χ2v) is 6.72. The van der Waals surface area contributed by atoms with Crippen LogP contribution < -0.4 is 5.32 Å². The predicted molar refractivity (Wildman–Crippen MR) is 83.7 cm³/mol. The molecule has 1 saturated carbocycles. The van der Waals surface area contributed by atoms with Gasteiger partial charge in [-0.25, -0.2) is 0 Å². The molecular weight excluding hydrogens is 252 g/mol. The standard InChI is InChI=1S/C16H22N2S/c1-12-6-8-13(9-7-12)10-17-16-18-15-5-3-2-4-14(15)11-19-16/h6-9,14-15H,2-5,10-11H2,1H3,(H,17,18). The molecule has 19 heavy (non-hydrogen) atoms. The molecule has 0 bridgehead atoms. The Bertz CT molecular complexity index is 452. The van der Waals surface area contributed by atoms with Crippen LogP contribution in [0.25, 0.3) is 0 Å². The van der Waals surface area contributed by atoms with Crippen LogP contribution in [0, 0.1) is 12.8 Å². The van der Waals surface area contributed by atoms with E-state index >= 15 is 0 Å². The summed E-state index contributed by atoms with van der Waals surface area (Å²) in [5, 5.41) is 4.81. The minimum absolute atomic E-state index is 0.687. The molecule has 3 rings (SSSR count). The van der Waals surface area contributed by atoms with Crippen LogP contribution in [-0.4, -0.2) is 17.0 Å². The van der Waals surface area contributed by atoms with Crippen LogP contribution in [0.2, 0.25) is 0 Å². The maximum atomic E-state index is 4.74. The van der Waals surface area contributed by atoms with Crippen molar-refractivity contribution in [3.05, 3.63) is 35.4 Å². The maximum absolute atomic E-state index is 4.74. The molecule has 2 atom stereocenters. The number of aryl methyl sites for hydroxylation is 1. The molecule has 2 aliphatic rings. The molecule has 0 amide bonds. The molecule has 0 spiro atoms. The maximum Gasteiger partial charge on any atom is 0.157 e. The van der Waals surface area contributed by atoms with Gasteiger partial charge in [-0.15, -0.1) is 0 Å². The fraction of sp³-hybridized carbons (Fsp3) is 0.562. The van der Waals surface area contributed by atoms with Crippen LogP contribution in [0.3, 0.4) is 0 Å². The van der Waals surface area contributed by atoms with E-state index in [0.29, 0.717) is 6.04 Å².